The number of ether oxygens (including phenoxy) is 2. The largest absolute Gasteiger partial charge is 0.507 e. The molecule has 0 aliphatic carbocycles. The molecular formula is C21H29NO5. The highest BCUT2D eigenvalue weighted by Crippen LogP contribution is 2.42. The minimum absolute atomic E-state index is 0.0352. The Morgan fingerprint density at radius 3 is 2.70 bits per heavy atom. The van der Waals surface area contributed by atoms with E-state index in [4.69, 9.17) is 9.47 Å². The van der Waals surface area contributed by atoms with Crippen LogP contribution in [0.15, 0.2) is 11.6 Å². The average molecular weight is 375 g/mol. The molecular weight excluding hydrogens is 346 g/mol. The van der Waals surface area contributed by atoms with Crippen LogP contribution in [0.5, 0.6) is 11.5 Å². The van der Waals surface area contributed by atoms with E-state index in [2.05, 4.69) is 19.2 Å². The van der Waals surface area contributed by atoms with Gasteiger partial charge in [0.25, 0.3) is 0 Å². The van der Waals surface area contributed by atoms with Crippen LogP contribution in [0.3, 0.4) is 0 Å². The number of aromatic hydroxyl groups is 1. The number of phenolic OH excluding ortho intramolecular Hbond substituents is 1. The molecule has 0 atom stereocenters. The Labute approximate surface area is 160 Å². The minimum atomic E-state index is -0.503. The molecule has 6 heteroatoms. The molecule has 2 rings (SSSR count). The van der Waals surface area contributed by atoms with E-state index in [0.717, 1.165) is 11.1 Å². The Morgan fingerprint density at radius 2 is 2.07 bits per heavy atom. The first kappa shape index (κ1) is 20.8. The zero-order valence-electron chi connectivity index (χ0n) is 16.8. The fourth-order valence-electron chi connectivity index (χ4n) is 3.12. The van der Waals surface area contributed by atoms with Crippen LogP contribution in [0, 0.1) is 12.8 Å². The quantitative estimate of drug-likeness (QED) is 0.537. The molecule has 0 bridgehead atoms. The molecule has 1 amide bonds. The standard InChI is InChI=1S/C21H29NO5/c1-12(2)10-22-17(23)9-7-13(3)6-8-15-19(24)18-16(11-27-21(18)25)14(4)20(15)26-5/h6,12,24H,7-11H2,1-5H3,(H,22,23)/b13-6+. The topological polar surface area (TPSA) is 84.9 Å². The second kappa shape index (κ2) is 8.93. The molecule has 148 valence electrons. The summed E-state index contributed by atoms with van der Waals surface area (Å²) in [7, 11) is 1.55. The Balaban J connectivity index is 2.12. The van der Waals surface area contributed by atoms with Gasteiger partial charge in [0.05, 0.1) is 7.11 Å². The van der Waals surface area contributed by atoms with Gasteiger partial charge in [-0.15, -0.1) is 0 Å². The molecule has 0 saturated heterocycles. The fourth-order valence-corrected chi connectivity index (χ4v) is 3.12. The van der Waals surface area contributed by atoms with Crippen LogP contribution in [-0.2, 0) is 22.6 Å². The van der Waals surface area contributed by atoms with Crippen molar-refractivity contribution >= 4 is 11.9 Å². The van der Waals surface area contributed by atoms with Crippen molar-refractivity contribution in [3.63, 3.8) is 0 Å². The SMILES string of the molecule is COc1c(C)c2c(c(O)c1C/C=C(\C)CCC(=O)NCC(C)C)C(=O)OC2. The second-order valence-corrected chi connectivity index (χ2v) is 7.37. The number of methoxy groups -OCH3 is 1. The molecule has 0 spiro atoms. The maximum Gasteiger partial charge on any atom is 0.342 e. The second-order valence-electron chi connectivity index (χ2n) is 7.37. The van der Waals surface area contributed by atoms with Gasteiger partial charge in [0.15, 0.2) is 0 Å². The predicted octanol–water partition coefficient (Wildman–Crippen LogP) is 3.42. The van der Waals surface area contributed by atoms with E-state index in [1.165, 1.54) is 0 Å². The van der Waals surface area contributed by atoms with Crippen LogP contribution in [0.4, 0.5) is 0 Å². The van der Waals surface area contributed by atoms with E-state index in [9.17, 15) is 14.7 Å². The lowest BCUT2D eigenvalue weighted by molar-refractivity contribution is -0.121. The molecule has 1 aliphatic rings. The monoisotopic (exact) mass is 375 g/mol. The third-order valence-electron chi connectivity index (χ3n) is 4.76. The van der Waals surface area contributed by atoms with E-state index in [1.54, 1.807) is 7.11 Å². The Bertz CT molecular complexity index is 765. The summed E-state index contributed by atoms with van der Waals surface area (Å²) < 4.78 is 10.5. The summed E-state index contributed by atoms with van der Waals surface area (Å²) in [6.45, 7) is 8.76. The van der Waals surface area contributed by atoms with Crippen molar-refractivity contribution < 1.29 is 24.2 Å². The molecule has 0 unspecified atom stereocenters. The van der Waals surface area contributed by atoms with E-state index >= 15 is 0 Å². The first-order chi connectivity index (χ1) is 12.8. The van der Waals surface area contributed by atoms with Crippen molar-refractivity contribution in [1.29, 1.82) is 0 Å². The summed E-state index contributed by atoms with van der Waals surface area (Å²) in [6, 6.07) is 0. The number of hydrogen-bond donors (Lipinski definition) is 2. The van der Waals surface area contributed by atoms with E-state index in [0.29, 0.717) is 48.6 Å². The maximum absolute atomic E-state index is 11.9. The number of cyclic esters (lactones) is 1. The number of phenols is 1. The first-order valence-corrected chi connectivity index (χ1v) is 9.26. The molecule has 6 nitrogen and oxygen atoms in total. The van der Waals surface area contributed by atoms with Gasteiger partial charge in [-0.25, -0.2) is 4.79 Å². The van der Waals surface area contributed by atoms with Crippen molar-refractivity contribution in [3.05, 3.63) is 33.9 Å². The van der Waals surface area contributed by atoms with Crippen molar-refractivity contribution in [1.82, 2.24) is 5.32 Å². The molecule has 0 saturated carbocycles. The Kier molecular flexibility index (Phi) is 6.88. The number of nitrogens with one attached hydrogen (secondary N) is 1. The van der Waals surface area contributed by atoms with E-state index in [1.807, 2.05) is 19.9 Å². The molecule has 0 fully saturated rings. The first-order valence-electron chi connectivity index (χ1n) is 9.26. The Hall–Kier alpha value is -2.50. The fraction of sp³-hybridized carbons (Fsp3) is 0.524. The molecule has 1 heterocycles. The van der Waals surface area contributed by atoms with Crippen LogP contribution in [0.2, 0.25) is 0 Å². The molecule has 1 aromatic carbocycles. The van der Waals surface area contributed by atoms with Crippen LogP contribution < -0.4 is 10.1 Å². The van der Waals surface area contributed by atoms with E-state index in [-0.39, 0.29) is 23.8 Å². The van der Waals surface area contributed by atoms with Gasteiger partial charge >= 0.3 is 5.97 Å². The Morgan fingerprint density at radius 1 is 1.37 bits per heavy atom. The number of esters is 1. The smallest absolute Gasteiger partial charge is 0.342 e. The third kappa shape index (κ3) is 4.81. The third-order valence-corrected chi connectivity index (χ3v) is 4.76. The lowest BCUT2D eigenvalue weighted by Crippen LogP contribution is -2.26. The summed E-state index contributed by atoms with van der Waals surface area (Å²) in [6.07, 6.45) is 3.43. The average Bonchev–Trinajstić information content (AvgIpc) is 3.02. The highest BCUT2D eigenvalue weighted by molar-refractivity contribution is 5.98. The zero-order valence-corrected chi connectivity index (χ0v) is 16.8. The number of allylic oxidation sites excluding steroid dienone is 2. The summed E-state index contributed by atoms with van der Waals surface area (Å²) in [5.41, 5.74) is 3.33. The molecule has 1 aliphatic heterocycles. The molecule has 0 aromatic heterocycles. The summed E-state index contributed by atoms with van der Waals surface area (Å²) in [5.74, 6) is 0.456. The molecule has 27 heavy (non-hydrogen) atoms. The van der Waals surface area contributed by atoms with Crippen molar-refractivity contribution in [2.24, 2.45) is 5.92 Å². The van der Waals surface area contributed by atoms with Crippen molar-refractivity contribution in [2.45, 2.75) is 53.6 Å². The van der Waals surface area contributed by atoms with Gasteiger partial charge in [0.2, 0.25) is 5.91 Å². The van der Waals surface area contributed by atoms with Crippen LogP contribution >= 0.6 is 0 Å². The lowest BCUT2D eigenvalue weighted by Gasteiger charge is -2.15. The van der Waals surface area contributed by atoms with Crippen LogP contribution in [-0.4, -0.2) is 30.6 Å². The highest BCUT2D eigenvalue weighted by atomic mass is 16.5. The molecule has 2 N–H and O–H groups in total. The maximum atomic E-state index is 11.9. The van der Waals surface area contributed by atoms with Gasteiger partial charge in [-0.3, -0.25) is 4.79 Å². The summed E-state index contributed by atoms with van der Waals surface area (Å²) in [5, 5.41) is 13.5. The highest BCUT2D eigenvalue weighted by Gasteiger charge is 2.31. The number of amides is 1. The number of benzene rings is 1. The minimum Gasteiger partial charge on any atom is -0.507 e. The molecule has 1 aromatic rings. The van der Waals surface area contributed by atoms with Crippen molar-refractivity contribution in [3.8, 4) is 11.5 Å². The number of carbonyl (C=O) groups is 2. The number of carbonyl (C=O) groups excluding carboxylic acids is 2. The van der Waals surface area contributed by atoms with Gasteiger partial charge in [0.1, 0.15) is 23.7 Å². The van der Waals surface area contributed by atoms with Crippen LogP contribution in [0.1, 0.15) is 60.7 Å². The zero-order chi connectivity index (χ0) is 20.1. The van der Waals surface area contributed by atoms with Gasteiger partial charge < -0.3 is 19.9 Å². The van der Waals surface area contributed by atoms with Crippen LogP contribution in [0.25, 0.3) is 0 Å². The van der Waals surface area contributed by atoms with Gasteiger partial charge in [-0.1, -0.05) is 25.5 Å². The van der Waals surface area contributed by atoms with Gasteiger partial charge in [-0.05, 0) is 38.2 Å². The lowest BCUT2D eigenvalue weighted by atomic mass is 9.94. The predicted molar refractivity (Wildman–Crippen MR) is 103 cm³/mol. The van der Waals surface area contributed by atoms with Gasteiger partial charge in [0, 0.05) is 24.1 Å². The number of rotatable bonds is 8. The number of fused-ring (bicyclic) bond motifs is 1. The van der Waals surface area contributed by atoms with Crippen molar-refractivity contribution in [2.75, 3.05) is 13.7 Å². The van der Waals surface area contributed by atoms with Gasteiger partial charge in [-0.2, -0.15) is 0 Å². The summed E-state index contributed by atoms with van der Waals surface area (Å²) in [4.78, 5) is 23.8. The summed E-state index contributed by atoms with van der Waals surface area (Å²) >= 11 is 0. The van der Waals surface area contributed by atoms with E-state index < -0.39 is 5.97 Å². The normalized spacial score (nSPS) is 13.6. The molecule has 0 radical (unpaired) electrons. The number of hydrogen-bond acceptors (Lipinski definition) is 5.